The largest absolute Gasteiger partial charge is 0.438 e. The summed E-state index contributed by atoms with van der Waals surface area (Å²) in [5, 5.41) is 11.0. The van der Waals surface area contributed by atoms with Gasteiger partial charge < -0.3 is 9.84 Å². The fourth-order valence-corrected chi connectivity index (χ4v) is 3.35. The van der Waals surface area contributed by atoms with E-state index in [1.54, 1.807) is 0 Å². The van der Waals surface area contributed by atoms with E-state index in [9.17, 15) is 5.11 Å². The van der Waals surface area contributed by atoms with Gasteiger partial charge in [0.05, 0.1) is 5.60 Å². The fraction of sp³-hybridized carbons (Fsp3) is 0.476. The molecule has 0 unspecified atom stereocenters. The van der Waals surface area contributed by atoms with E-state index in [-0.39, 0.29) is 0 Å². The van der Waals surface area contributed by atoms with Gasteiger partial charge in [0.2, 0.25) is 5.88 Å². The van der Waals surface area contributed by atoms with Crippen molar-refractivity contribution in [2.45, 2.75) is 66.9 Å². The van der Waals surface area contributed by atoms with Crippen LogP contribution in [0.4, 0.5) is 0 Å². The quantitative estimate of drug-likeness (QED) is 0.797. The highest BCUT2D eigenvalue weighted by Gasteiger charge is 2.29. The van der Waals surface area contributed by atoms with Crippen LogP contribution in [0.5, 0.6) is 11.6 Å². The molecule has 2 aromatic rings. The Bertz CT molecular complexity index is 723. The maximum absolute atomic E-state index is 11.0. The molecule has 1 N–H and O–H groups in total. The normalized spacial score (nSPS) is 11.7. The van der Waals surface area contributed by atoms with E-state index in [1.165, 1.54) is 5.56 Å². The molecule has 0 fully saturated rings. The first-order valence-corrected chi connectivity index (χ1v) is 8.68. The van der Waals surface area contributed by atoms with E-state index in [0.717, 1.165) is 33.7 Å². The van der Waals surface area contributed by atoms with E-state index in [1.807, 2.05) is 33.8 Å². The van der Waals surface area contributed by atoms with Crippen LogP contribution in [0.1, 0.15) is 60.2 Å². The number of hydrogen-bond acceptors (Lipinski definition) is 3. The summed E-state index contributed by atoms with van der Waals surface area (Å²) in [6.07, 6.45) is 1.33. The number of nitrogens with zero attached hydrogens (tertiary/aromatic N) is 1. The Hall–Kier alpha value is -1.87. The molecule has 2 rings (SSSR count). The fourth-order valence-electron chi connectivity index (χ4n) is 3.35. The summed E-state index contributed by atoms with van der Waals surface area (Å²) in [5.41, 5.74) is 5.25. The minimum atomic E-state index is -0.840. The summed E-state index contributed by atoms with van der Waals surface area (Å²) in [6, 6.07) is 6.20. The van der Waals surface area contributed by atoms with E-state index in [2.05, 4.69) is 37.9 Å². The smallest absolute Gasteiger partial charge is 0.222 e. The second-order valence-corrected chi connectivity index (χ2v) is 6.81. The van der Waals surface area contributed by atoms with Gasteiger partial charge in [0.1, 0.15) is 5.75 Å². The third kappa shape index (κ3) is 3.46. The van der Waals surface area contributed by atoms with Crippen LogP contribution < -0.4 is 4.74 Å². The van der Waals surface area contributed by atoms with Gasteiger partial charge in [0, 0.05) is 11.3 Å². The van der Waals surface area contributed by atoms with Crippen LogP contribution in [0.15, 0.2) is 18.2 Å². The van der Waals surface area contributed by atoms with Crippen LogP contribution >= 0.6 is 0 Å². The van der Waals surface area contributed by atoms with Crippen molar-refractivity contribution in [1.82, 2.24) is 4.98 Å². The molecule has 0 atom stereocenters. The van der Waals surface area contributed by atoms with Crippen molar-refractivity contribution in [3.05, 3.63) is 51.7 Å². The maximum atomic E-state index is 11.0. The van der Waals surface area contributed by atoms with Crippen LogP contribution in [0.3, 0.4) is 0 Å². The SMILES string of the molecule is CCC(O)(CC)c1cc(C)nc(Oc2c(C)cc(C)cc2C)c1C. The predicted octanol–water partition coefficient (Wildman–Crippen LogP) is 5.42. The first-order valence-electron chi connectivity index (χ1n) is 8.68. The molecule has 0 aliphatic carbocycles. The van der Waals surface area contributed by atoms with E-state index < -0.39 is 5.60 Å². The average molecular weight is 327 g/mol. The summed E-state index contributed by atoms with van der Waals surface area (Å²) >= 11 is 0. The number of aromatic nitrogens is 1. The van der Waals surface area contributed by atoms with Gasteiger partial charge in [-0.05, 0) is 70.2 Å². The minimum Gasteiger partial charge on any atom is -0.438 e. The summed E-state index contributed by atoms with van der Waals surface area (Å²) in [7, 11) is 0. The molecule has 130 valence electrons. The van der Waals surface area contributed by atoms with Crippen LogP contribution in [0.2, 0.25) is 0 Å². The molecule has 3 nitrogen and oxygen atoms in total. The van der Waals surface area contributed by atoms with Crippen molar-refractivity contribution < 1.29 is 9.84 Å². The molecule has 0 aliphatic rings. The van der Waals surface area contributed by atoms with Gasteiger partial charge in [-0.25, -0.2) is 4.98 Å². The van der Waals surface area contributed by atoms with E-state index in [4.69, 9.17) is 4.74 Å². The zero-order valence-corrected chi connectivity index (χ0v) is 15.9. The molecule has 0 bridgehead atoms. The molecule has 0 aliphatic heterocycles. The molecular weight excluding hydrogens is 298 g/mol. The van der Waals surface area contributed by atoms with Crippen molar-refractivity contribution in [2.75, 3.05) is 0 Å². The number of hydrogen-bond donors (Lipinski definition) is 1. The highest BCUT2D eigenvalue weighted by atomic mass is 16.5. The lowest BCUT2D eigenvalue weighted by molar-refractivity contribution is 0.0274. The molecule has 1 aromatic carbocycles. The number of ether oxygens (including phenoxy) is 1. The maximum Gasteiger partial charge on any atom is 0.222 e. The number of pyridine rings is 1. The van der Waals surface area contributed by atoms with Gasteiger partial charge in [-0.15, -0.1) is 0 Å². The Kier molecular flexibility index (Phi) is 5.34. The summed E-state index contributed by atoms with van der Waals surface area (Å²) in [5.74, 6) is 1.43. The number of benzene rings is 1. The first-order chi connectivity index (χ1) is 11.2. The molecule has 0 radical (unpaired) electrons. The zero-order valence-electron chi connectivity index (χ0n) is 15.9. The highest BCUT2D eigenvalue weighted by Crippen LogP contribution is 2.37. The predicted molar refractivity (Wildman–Crippen MR) is 98.9 cm³/mol. The van der Waals surface area contributed by atoms with Gasteiger partial charge in [-0.2, -0.15) is 0 Å². The number of aryl methyl sites for hydroxylation is 4. The van der Waals surface area contributed by atoms with Crippen molar-refractivity contribution >= 4 is 0 Å². The molecular formula is C21H29NO2. The van der Waals surface area contributed by atoms with Gasteiger partial charge in [0.25, 0.3) is 0 Å². The Morgan fingerprint density at radius 2 is 1.50 bits per heavy atom. The Balaban J connectivity index is 2.55. The second kappa shape index (κ2) is 6.94. The molecule has 0 amide bonds. The lowest BCUT2D eigenvalue weighted by Gasteiger charge is -2.28. The highest BCUT2D eigenvalue weighted by molar-refractivity contribution is 5.47. The van der Waals surface area contributed by atoms with Crippen molar-refractivity contribution in [1.29, 1.82) is 0 Å². The van der Waals surface area contributed by atoms with Gasteiger partial charge in [-0.3, -0.25) is 0 Å². The van der Waals surface area contributed by atoms with Crippen molar-refractivity contribution in [2.24, 2.45) is 0 Å². The van der Waals surface area contributed by atoms with Crippen molar-refractivity contribution in [3.63, 3.8) is 0 Å². The monoisotopic (exact) mass is 327 g/mol. The van der Waals surface area contributed by atoms with E-state index >= 15 is 0 Å². The van der Waals surface area contributed by atoms with Crippen LogP contribution in [0, 0.1) is 34.6 Å². The molecule has 0 saturated heterocycles. The van der Waals surface area contributed by atoms with Gasteiger partial charge in [-0.1, -0.05) is 31.5 Å². The number of rotatable bonds is 5. The molecule has 0 spiro atoms. The lowest BCUT2D eigenvalue weighted by atomic mass is 9.86. The summed E-state index contributed by atoms with van der Waals surface area (Å²) in [4.78, 5) is 4.58. The summed E-state index contributed by atoms with van der Waals surface area (Å²) in [6.45, 7) is 14.1. The standard InChI is InChI=1S/C21H29NO2/c1-8-21(23,9-2)18-12-16(6)22-20(17(18)7)24-19-14(4)10-13(3)11-15(19)5/h10-12,23H,8-9H2,1-7H3. The van der Waals surface area contributed by atoms with Gasteiger partial charge >= 0.3 is 0 Å². The van der Waals surface area contributed by atoms with Crippen LogP contribution in [-0.2, 0) is 5.60 Å². The molecule has 1 heterocycles. The molecule has 3 heteroatoms. The first kappa shape index (κ1) is 18.5. The van der Waals surface area contributed by atoms with Crippen molar-refractivity contribution in [3.8, 4) is 11.6 Å². The number of aliphatic hydroxyl groups is 1. The Morgan fingerprint density at radius 1 is 0.958 bits per heavy atom. The van der Waals surface area contributed by atoms with Crippen LogP contribution in [0.25, 0.3) is 0 Å². The summed E-state index contributed by atoms with van der Waals surface area (Å²) < 4.78 is 6.21. The third-order valence-corrected chi connectivity index (χ3v) is 4.83. The molecule has 0 saturated carbocycles. The minimum absolute atomic E-state index is 0.584. The molecule has 1 aromatic heterocycles. The second-order valence-electron chi connectivity index (χ2n) is 6.81. The average Bonchev–Trinajstić information content (AvgIpc) is 2.52. The Labute approximate surface area is 145 Å². The Morgan fingerprint density at radius 3 is 2.00 bits per heavy atom. The van der Waals surface area contributed by atoms with Gasteiger partial charge in [0.15, 0.2) is 0 Å². The third-order valence-electron chi connectivity index (χ3n) is 4.83. The molecule has 24 heavy (non-hydrogen) atoms. The van der Waals surface area contributed by atoms with Crippen LogP contribution in [-0.4, -0.2) is 10.1 Å². The topological polar surface area (TPSA) is 42.4 Å². The lowest BCUT2D eigenvalue weighted by Crippen LogP contribution is -2.25. The zero-order chi connectivity index (χ0) is 18.1. The van der Waals surface area contributed by atoms with E-state index in [0.29, 0.717) is 18.7 Å².